The monoisotopic (exact) mass is 341 g/mol. The van der Waals surface area contributed by atoms with Crippen molar-refractivity contribution in [3.05, 3.63) is 41.5 Å². The van der Waals surface area contributed by atoms with Crippen LogP contribution in [0.4, 0.5) is 0 Å². The zero-order valence-corrected chi connectivity index (χ0v) is 14.7. The highest BCUT2D eigenvalue weighted by atomic mass is 32.2. The minimum absolute atomic E-state index is 0.0257. The quantitative estimate of drug-likeness (QED) is 0.650. The first-order valence-electron chi connectivity index (χ1n) is 8.10. The van der Waals surface area contributed by atoms with Gasteiger partial charge in [-0.2, -0.15) is 0 Å². The Labute approximate surface area is 144 Å². The van der Waals surface area contributed by atoms with Gasteiger partial charge in [-0.1, -0.05) is 29.5 Å². The Kier molecular flexibility index (Phi) is 3.88. The van der Waals surface area contributed by atoms with Crippen molar-refractivity contribution in [2.75, 3.05) is 0 Å². The van der Waals surface area contributed by atoms with E-state index in [0.717, 1.165) is 16.5 Å². The molecule has 1 saturated carbocycles. The standard InChI is InChI=1S/C17H19N5OS/c1-10-4-6-13(7-5-10)16-20-19-15(23-16)11(2)24-17-21-18-12(3)22(17)14-8-9-14/h4-7,11,14H,8-9H2,1-3H3/t11-/m0/s1. The molecule has 1 fully saturated rings. The Morgan fingerprint density at radius 3 is 2.54 bits per heavy atom. The third-order valence-corrected chi connectivity index (χ3v) is 5.16. The molecule has 0 radical (unpaired) electrons. The van der Waals surface area contributed by atoms with Gasteiger partial charge in [-0.15, -0.1) is 20.4 Å². The molecule has 2 heterocycles. The van der Waals surface area contributed by atoms with Crippen LogP contribution in [0.1, 0.15) is 48.3 Å². The summed E-state index contributed by atoms with van der Waals surface area (Å²) >= 11 is 1.62. The molecule has 0 aliphatic heterocycles. The first kappa shape index (κ1) is 15.4. The van der Waals surface area contributed by atoms with Crippen LogP contribution in [0.2, 0.25) is 0 Å². The molecule has 3 aromatic rings. The number of rotatable bonds is 5. The van der Waals surface area contributed by atoms with Gasteiger partial charge in [-0.05, 0) is 45.7 Å². The highest BCUT2D eigenvalue weighted by molar-refractivity contribution is 7.99. The molecule has 0 spiro atoms. The smallest absolute Gasteiger partial charge is 0.247 e. The van der Waals surface area contributed by atoms with Gasteiger partial charge in [0, 0.05) is 11.6 Å². The highest BCUT2D eigenvalue weighted by Gasteiger charge is 2.29. The van der Waals surface area contributed by atoms with Gasteiger partial charge in [-0.3, -0.25) is 0 Å². The number of nitrogens with zero attached hydrogens (tertiary/aromatic N) is 5. The predicted octanol–water partition coefficient (Wildman–Crippen LogP) is 4.13. The number of hydrogen-bond donors (Lipinski definition) is 0. The van der Waals surface area contributed by atoms with E-state index in [-0.39, 0.29) is 5.25 Å². The van der Waals surface area contributed by atoms with Crippen molar-refractivity contribution < 1.29 is 4.42 Å². The second-order valence-corrected chi connectivity index (χ2v) is 7.51. The molecule has 1 aromatic carbocycles. The summed E-state index contributed by atoms with van der Waals surface area (Å²) < 4.78 is 8.09. The summed E-state index contributed by atoms with van der Waals surface area (Å²) in [6.07, 6.45) is 2.41. The Balaban J connectivity index is 1.53. The fraction of sp³-hybridized carbons (Fsp3) is 0.412. The van der Waals surface area contributed by atoms with Gasteiger partial charge in [0.05, 0.1) is 5.25 Å². The summed E-state index contributed by atoms with van der Waals surface area (Å²) in [5, 5.41) is 17.9. The molecule has 1 atom stereocenters. The summed E-state index contributed by atoms with van der Waals surface area (Å²) in [4.78, 5) is 0. The molecule has 1 aliphatic rings. The zero-order valence-electron chi connectivity index (χ0n) is 13.9. The van der Waals surface area contributed by atoms with Crippen LogP contribution in [0.5, 0.6) is 0 Å². The molecule has 7 heteroatoms. The average Bonchev–Trinajstić information content (AvgIpc) is 3.15. The summed E-state index contributed by atoms with van der Waals surface area (Å²) in [6, 6.07) is 8.63. The van der Waals surface area contributed by atoms with E-state index in [0.29, 0.717) is 17.8 Å². The number of thioether (sulfide) groups is 1. The van der Waals surface area contributed by atoms with E-state index in [1.807, 2.05) is 31.2 Å². The SMILES string of the molecule is Cc1ccc(-c2nnc([C@H](C)Sc3nnc(C)n3C3CC3)o2)cc1. The van der Waals surface area contributed by atoms with Gasteiger partial charge in [0.2, 0.25) is 11.8 Å². The molecule has 1 aliphatic carbocycles. The van der Waals surface area contributed by atoms with Gasteiger partial charge < -0.3 is 8.98 Å². The van der Waals surface area contributed by atoms with Gasteiger partial charge in [0.1, 0.15) is 5.82 Å². The molecule has 124 valence electrons. The van der Waals surface area contributed by atoms with E-state index in [4.69, 9.17) is 4.42 Å². The molecular weight excluding hydrogens is 322 g/mol. The van der Waals surface area contributed by atoms with Gasteiger partial charge in [-0.25, -0.2) is 0 Å². The van der Waals surface area contributed by atoms with Crippen LogP contribution in [0.3, 0.4) is 0 Å². The van der Waals surface area contributed by atoms with Crippen molar-refractivity contribution in [1.82, 2.24) is 25.0 Å². The number of benzene rings is 1. The number of aromatic nitrogens is 5. The van der Waals surface area contributed by atoms with Crippen molar-refractivity contribution >= 4 is 11.8 Å². The van der Waals surface area contributed by atoms with E-state index in [1.54, 1.807) is 11.8 Å². The zero-order chi connectivity index (χ0) is 16.7. The van der Waals surface area contributed by atoms with Crippen LogP contribution in [-0.2, 0) is 0 Å². The molecule has 0 saturated heterocycles. The Hall–Kier alpha value is -2.15. The Morgan fingerprint density at radius 2 is 1.83 bits per heavy atom. The molecule has 2 aromatic heterocycles. The van der Waals surface area contributed by atoms with E-state index in [2.05, 4.69) is 38.8 Å². The maximum atomic E-state index is 5.87. The van der Waals surface area contributed by atoms with E-state index < -0.39 is 0 Å². The summed E-state index contributed by atoms with van der Waals surface area (Å²) in [5.74, 6) is 2.13. The molecule has 6 nitrogen and oxygen atoms in total. The maximum Gasteiger partial charge on any atom is 0.247 e. The lowest BCUT2D eigenvalue weighted by Crippen LogP contribution is -2.00. The van der Waals surface area contributed by atoms with Crippen LogP contribution in [0.15, 0.2) is 33.8 Å². The van der Waals surface area contributed by atoms with E-state index in [1.165, 1.54) is 18.4 Å². The third-order valence-electron chi connectivity index (χ3n) is 4.12. The molecular formula is C17H19N5OS. The van der Waals surface area contributed by atoms with Crippen LogP contribution in [0.25, 0.3) is 11.5 Å². The third kappa shape index (κ3) is 2.96. The number of aryl methyl sites for hydroxylation is 2. The van der Waals surface area contributed by atoms with Crippen molar-refractivity contribution in [3.63, 3.8) is 0 Å². The van der Waals surface area contributed by atoms with Crippen molar-refractivity contribution in [2.24, 2.45) is 0 Å². The van der Waals surface area contributed by atoms with Crippen LogP contribution in [-0.4, -0.2) is 25.0 Å². The Bertz CT molecular complexity index is 850. The normalized spacial score (nSPS) is 15.6. The molecule has 4 rings (SSSR count). The topological polar surface area (TPSA) is 69.6 Å². The van der Waals surface area contributed by atoms with Gasteiger partial charge in [0.15, 0.2) is 5.16 Å². The maximum absolute atomic E-state index is 5.87. The van der Waals surface area contributed by atoms with Crippen LogP contribution >= 0.6 is 11.8 Å². The molecule has 0 unspecified atom stereocenters. The fourth-order valence-corrected chi connectivity index (χ4v) is 3.60. The largest absolute Gasteiger partial charge is 0.419 e. The van der Waals surface area contributed by atoms with Crippen molar-refractivity contribution in [1.29, 1.82) is 0 Å². The summed E-state index contributed by atoms with van der Waals surface area (Å²) in [7, 11) is 0. The predicted molar refractivity (Wildman–Crippen MR) is 91.8 cm³/mol. The minimum atomic E-state index is 0.0257. The van der Waals surface area contributed by atoms with Crippen LogP contribution < -0.4 is 0 Å². The Morgan fingerprint density at radius 1 is 1.08 bits per heavy atom. The molecule has 24 heavy (non-hydrogen) atoms. The highest BCUT2D eigenvalue weighted by Crippen LogP contribution is 2.41. The second kappa shape index (κ2) is 6.05. The van der Waals surface area contributed by atoms with Gasteiger partial charge in [0.25, 0.3) is 0 Å². The molecule has 0 N–H and O–H groups in total. The average molecular weight is 341 g/mol. The van der Waals surface area contributed by atoms with Gasteiger partial charge >= 0.3 is 0 Å². The van der Waals surface area contributed by atoms with Crippen molar-refractivity contribution in [2.45, 2.75) is 50.1 Å². The second-order valence-electron chi connectivity index (χ2n) is 6.20. The van der Waals surface area contributed by atoms with Crippen molar-refractivity contribution in [3.8, 4) is 11.5 Å². The lowest BCUT2D eigenvalue weighted by molar-refractivity contribution is 0.508. The minimum Gasteiger partial charge on any atom is -0.419 e. The van der Waals surface area contributed by atoms with Crippen LogP contribution in [0, 0.1) is 13.8 Å². The lowest BCUT2D eigenvalue weighted by atomic mass is 10.1. The van der Waals surface area contributed by atoms with E-state index in [9.17, 15) is 0 Å². The first-order valence-corrected chi connectivity index (χ1v) is 8.98. The lowest BCUT2D eigenvalue weighted by Gasteiger charge is -2.08. The van der Waals surface area contributed by atoms with E-state index >= 15 is 0 Å². The first-order chi connectivity index (χ1) is 11.6. The summed E-state index contributed by atoms with van der Waals surface area (Å²) in [6.45, 7) is 6.11. The molecule has 0 amide bonds. The number of hydrogen-bond acceptors (Lipinski definition) is 6. The fourth-order valence-electron chi connectivity index (χ4n) is 2.60. The molecule has 0 bridgehead atoms. The summed E-state index contributed by atoms with van der Waals surface area (Å²) in [5.41, 5.74) is 2.14.